The minimum Gasteiger partial charge on any atom is -0.478 e. The van der Waals surface area contributed by atoms with Crippen molar-refractivity contribution in [3.05, 3.63) is 59.9 Å². The molecule has 0 atom stereocenters. The lowest BCUT2D eigenvalue weighted by Gasteiger charge is -2.29. The van der Waals surface area contributed by atoms with Crippen molar-refractivity contribution in [3.63, 3.8) is 0 Å². The summed E-state index contributed by atoms with van der Waals surface area (Å²) < 4.78 is 7.44. The maximum Gasteiger partial charge on any atom is 0.338 e. The molecule has 2 aromatic heterocycles. The standard InChI is InChI=1S/C23H22N4O3/c1-2-20-25-22-17(23(28)29)13-16(26-9-11-30-12-10-26)14-19(22)27(20)21-8-7-15-5-3-4-6-18(15)24-21/h3-8,13-14H,2,9-12H2,1H3,(H,28,29). The number of pyridine rings is 1. The van der Waals surface area contributed by atoms with Crippen LogP contribution in [0.4, 0.5) is 5.69 Å². The Bertz CT molecular complexity index is 1260. The first-order valence-electron chi connectivity index (χ1n) is 10.1. The maximum absolute atomic E-state index is 12.1. The second-order valence-corrected chi connectivity index (χ2v) is 7.34. The normalized spacial score (nSPS) is 14.5. The summed E-state index contributed by atoms with van der Waals surface area (Å²) in [5.74, 6) is 0.548. The third-order valence-electron chi connectivity index (χ3n) is 5.55. The SMILES string of the molecule is CCc1nc2c(C(=O)O)cc(N3CCOCC3)cc2n1-c1ccc2ccccc2n1. The summed E-state index contributed by atoms with van der Waals surface area (Å²) in [5.41, 5.74) is 3.22. The average molecular weight is 402 g/mol. The van der Waals surface area contributed by atoms with Gasteiger partial charge in [0.2, 0.25) is 0 Å². The number of anilines is 1. The van der Waals surface area contributed by atoms with E-state index in [0.717, 1.165) is 46.8 Å². The number of carboxylic acid groups (broad SMARTS) is 1. The first-order valence-corrected chi connectivity index (χ1v) is 10.1. The summed E-state index contributed by atoms with van der Waals surface area (Å²) in [7, 11) is 0. The Balaban J connectivity index is 1.77. The van der Waals surface area contributed by atoms with E-state index in [4.69, 9.17) is 14.7 Å². The number of carboxylic acids is 1. The molecule has 5 rings (SSSR count). The van der Waals surface area contributed by atoms with Gasteiger partial charge in [0, 0.05) is 30.6 Å². The van der Waals surface area contributed by atoms with Crippen LogP contribution in [0.2, 0.25) is 0 Å². The number of aryl methyl sites for hydroxylation is 1. The molecule has 0 saturated carbocycles. The van der Waals surface area contributed by atoms with Crippen LogP contribution in [-0.4, -0.2) is 51.9 Å². The fourth-order valence-corrected chi connectivity index (χ4v) is 4.05. The first kappa shape index (κ1) is 18.6. The fraction of sp³-hybridized carbons (Fsp3) is 0.261. The molecule has 1 saturated heterocycles. The highest BCUT2D eigenvalue weighted by Gasteiger charge is 2.22. The number of carbonyl (C=O) groups is 1. The Kier molecular flexibility index (Phi) is 4.59. The predicted molar refractivity (Wildman–Crippen MR) is 116 cm³/mol. The number of hydrogen-bond donors (Lipinski definition) is 1. The van der Waals surface area contributed by atoms with Gasteiger partial charge < -0.3 is 14.7 Å². The van der Waals surface area contributed by atoms with Gasteiger partial charge in [-0.2, -0.15) is 0 Å². The molecule has 1 N–H and O–H groups in total. The van der Waals surface area contributed by atoms with Gasteiger partial charge in [-0.25, -0.2) is 14.8 Å². The highest BCUT2D eigenvalue weighted by molar-refractivity contribution is 6.03. The number of aromatic carboxylic acids is 1. The number of morpholine rings is 1. The Hall–Kier alpha value is -3.45. The second-order valence-electron chi connectivity index (χ2n) is 7.34. The number of imidazole rings is 1. The molecule has 0 unspecified atom stereocenters. The molecule has 152 valence electrons. The summed E-state index contributed by atoms with van der Waals surface area (Å²) in [6, 6.07) is 15.7. The van der Waals surface area contributed by atoms with Crippen molar-refractivity contribution in [1.82, 2.24) is 14.5 Å². The largest absolute Gasteiger partial charge is 0.478 e. The van der Waals surface area contributed by atoms with Crippen LogP contribution in [0.3, 0.4) is 0 Å². The molecule has 2 aromatic carbocycles. The monoisotopic (exact) mass is 402 g/mol. The third kappa shape index (κ3) is 3.07. The molecule has 4 aromatic rings. The fourth-order valence-electron chi connectivity index (χ4n) is 4.05. The summed E-state index contributed by atoms with van der Waals surface area (Å²) in [6.45, 7) is 4.74. The quantitative estimate of drug-likeness (QED) is 0.561. The van der Waals surface area contributed by atoms with E-state index in [1.807, 2.05) is 54.0 Å². The van der Waals surface area contributed by atoms with Gasteiger partial charge in [-0.05, 0) is 30.3 Å². The van der Waals surface area contributed by atoms with Gasteiger partial charge in [0.25, 0.3) is 0 Å². The average Bonchev–Trinajstić information content (AvgIpc) is 3.17. The number of aromatic nitrogens is 3. The Morgan fingerprint density at radius 2 is 1.90 bits per heavy atom. The topological polar surface area (TPSA) is 80.5 Å². The summed E-state index contributed by atoms with van der Waals surface area (Å²) >= 11 is 0. The van der Waals surface area contributed by atoms with Gasteiger partial charge in [-0.1, -0.05) is 25.1 Å². The van der Waals surface area contributed by atoms with Gasteiger partial charge in [-0.15, -0.1) is 0 Å². The number of fused-ring (bicyclic) bond motifs is 2. The number of ether oxygens (including phenoxy) is 1. The molecule has 7 heteroatoms. The predicted octanol–water partition coefficient (Wildman–Crippen LogP) is 3.67. The number of nitrogens with zero attached hydrogens (tertiary/aromatic N) is 4. The zero-order valence-electron chi connectivity index (χ0n) is 16.7. The van der Waals surface area contributed by atoms with E-state index in [2.05, 4.69) is 4.90 Å². The second kappa shape index (κ2) is 7.42. The zero-order valence-corrected chi connectivity index (χ0v) is 16.7. The van der Waals surface area contributed by atoms with Crippen LogP contribution >= 0.6 is 0 Å². The summed E-state index contributed by atoms with van der Waals surface area (Å²) in [4.78, 5) is 23.7. The number of benzene rings is 2. The molecule has 1 fully saturated rings. The molecule has 30 heavy (non-hydrogen) atoms. The van der Waals surface area contributed by atoms with Crippen molar-refractivity contribution < 1.29 is 14.6 Å². The number of para-hydroxylation sites is 1. The molecular weight excluding hydrogens is 380 g/mol. The van der Waals surface area contributed by atoms with Crippen molar-refractivity contribution in [2.75, 3.05) is 31.2 Å². The molecule has 0 bridgehead atoms. The maximum atomic E-state index is 12.1. The van der Waals surface area contributed by atoms with Crippen molar-refractivity contribution in [2.24, 2.45) is 0 Å². The molecule has 0 radical (unpaired) electrons. The minimum atomic E-state index is -0.978. The smallest absolute Gasteiger partial charge is 0.338 e. The van der Waals surface area contributed by atoms with Crippen LogP contribution in [0, 0.1) is 0 Å². The number of hydrogen-bond acceptors (Lipinski definition) is 5. The molecule has 0 amide bonds. The molecule has 0 aliphatic carbocycles. The number of rotatable bonds is 4. The summed E-state index contributed by atoms with van der Waals surface area (Å²) in [5, 5.41) is 10.9. The van der Waals surface area contributed by atoms with Gasteiger partial charge >= 0.3 is 5.97 Å². The van der Waals surface area contributed by atoms with E-state index in [1.54, 1.807) is 6.07 Å². The van der Waals surface area contributed by atoms with Gasteiger partial charge in [0.05, 0.1) is 29.8 Å². The molecular formula is C23H22N4O3. The highest BCUT2D eigenvalue weighted by Crippen LogP contribution is 2.30. The lowest BCUT2D eigenvalue weighted by Crippen LogP contribution is -2.36. The summed E-state index contributed by atoms with van der Waals surface area (Å²) in [6.07, 6.45) is 0.662. The zero-order chi connectivity index (χ0) is 20.7. The van der Waals surface area contributed by atoms with E-state index in [1.165, 1.54) is 0 Å². The Labute approximate surface area is 173 Å². The van der Waals surface area contributed by atoms with Crippen LogP contribution in [0.1, 0.15) is 23.1 Å². The highest BCUT2D eigenvalue weighted by atomic mass is 16.5. The van der Waals surface area contributed by atoms with Gasteiger partial charge in [0.15, 0.2) is 0 Å². The molecule has 3 heterocycles. The Morgan fingerprint density at radius 3 is 2.67 bits per heavy atom. The van der Waals surface area contributed by atoms with E-state index in [9.17, 15) is 9.90 Å². The van der Waals surface area contributed by atoms with Crippen LogP contribution in [-0.2, 0) is 11.2 Å². The lowest BCUT2D eigenvalue weighted by atomic mass is 10.1. The molecule has 1 aliphatic rings. The first-order chi connectivity index (χ1) is 14.7. The van der Waals surface area contributed by atoms with Gasteiger partial charge in [0.1, 0.15) is 17.2 Å². The van der Waals surface area contributed by atoms with E-state index in [0.29, 0.717) is 25.2 Å². The molecule has 7 nitrogen and oxygen atoms in total. The van der Waals surface area contributed by atoms with Crippen LogP contribution in [0.25, 0.3) is 27.8 Å². The van der Waals surface area contributed by atoms with Crippen molar-refractivity contribution in [2.45, 2.75) is 13.3 Å². The van der Waals surface area contributed by atoms with Gasteiger partial charge in [-0.3, -0.25) is 4.57 Å². The minimum absolute atomic E-state index is 0.211. The van der Waals surface area contributed by atoms with E-state index in [-0.39, 0.29) is 5.56 Å². The lowest BCUT2D eigenvalue weighted by molar-refractivity contribution is 0.0699. The molecule has 0 spiro atoms. The van der Waals surface area contributed by atoms with Crippen molar-refractivity contribution in [1.29, 1.82) is 0 Å². The van der Waals surface area contributed by atoms with E-state index >= 15 is 0 Å². The Morgan fingerprint density at radius 1 is 1.10 bits per heavy atom. The van der Waals surface area contributed by atoms with Crippen LogP contribution in [0.15, 0.2) is 48.5 Å². The third-order valence-corrected chi connectivity index (χ3v) is 5.55. The van der Waals surface area contributed by atoms with E-state index < -0.39 is 5.97 Å². The van der Waals surface area contributed by atoms with Crippen LogP contribution < -0.4 is 4.90 Å². The van der Waals surface area contributed by atoms with Crippen molar-refractivity contribution in [3.8, 4) is 5.82 Å². The molecule has 1 aliphatic heterocycles. The van der Waals surface area contributed by atoms with Crippen molar-refractivity contribution >= 4 is 33.6 Å². The van der Waals surface area contributed by atoms with Crippen LogP contribution in [0.5, 0.6) is 0 Å².